The number of aliphatic hydroxyl groups excluding tert-OH is 1. The molecule has 3 N–H and O–H groups in total. The van der Waals surface area contributed by atoms with Gasteiger partial charge in [-0.2, -0.15) is 0 Å². The Labute approximate surface area is 100 Å². The van der Waals surface area contributed by atoms with Crippen molar-refractivity contribution in [3.63, 3.8) is 0 Å². The molecule has 3 rings (SSSR count). The molecule has 2 atom stereocenters. The van der Waals surface area contributed by atoms with Gasteiger partial charge < -0.3 is 20.3 Å². The molecule has 1 aliphatic heterocycles. The van der Waals surface area contributed by atoms with E-state index >= 15 is 0 Å². The molecule has 2 unspecified atom stereocenters. The van der Waals surface area contributed by atoms with Crippen LogP contribution in [0, 0.1) is 5.41 Å². The van der Waals surface area contributed by atoms with E-state index in [0.717, 1.165) is 17.9 Å². The first-order chi connectivity index (χ1) is 8.29. The summed E-state index contributed by atoms with van der Waals surface area (Å²) in [6, 6.07) is 6.01. The number of hydrogen-bond donors (Lipinski definition) is 2. The van der Waals surface area contributed by atoms with Crippen molar-refractivity contribution in [2.45, 2.75) is 12.3 Å². The lowest BCUT2D eigenvalue weighted by molar-refractivity contribution is 0.171. The molecule has 0 bridgehead atoms. The van der Waals surface area contributed by atoms with Crippen LogP contribution in [0.1, 0.15) is 17.9 Å². The van der Waals surface area contributed by atoms with E-state index in [2.05, 4.69) is 0 Å². The molecular formula is C13H17NO3. The minimum absolute atomic E-state index is 0.107. The fraction of sp³-hybridized carbons (Fsp3) is 0.538. The first-order valence-corrected chi connectivity index (χ1v) is 5.99. The number of nitrogens with two attached hydrogens (primary N) is 1. The minimum Gasteiger partial charge on any atom is -0.486 e. The predicted molar refractivity (Wildman–Crippen MR) is 63.4 cm³/mol. The number of fused-ring (bicyclic) bond motifs is 1. The zero-order valence-electron chi connectivity index (χ0n) is 9.69. The zero-order chi connectivity index (χ0) is 11.9. The van der Waals surface area contributed by atoms with E-state index in [1.54, 1.807) is 0 Å². The van der Waals surface area contributed by atoms with Crippen molar-refractivity contribution in [1.29, 1.82) is 0 Å². The number of hydrogen-bond acceptors (Lipinski definition) is 4. The Balaban J connectivity index is 1.86. The van der Waals surface area contributed by atoms with Crippen molar-refractivity contribution in [3.8, 4) is 11.5 Å². The largest absolute Gasteiger partial charge is 0.486 e. The van der Waals surface area contributed by atoms with Crippen LogP contribution in [0.25, 0.3) is 0 Å². The lowest BCUT2D eigenvalue weighted by Crippen LogP contribution is -2.21. The van der Waals surface area contributed by atoms with Crippen molar-refractivity contribution in [2.75, 3.05) is 26.4 Å². The molecule has 17 heavy (non-hydrogen) atoms. The molecule has 0 saturated heterocycles. The van der Waals surface area contributed by atoms with Gasteiger partial charge in [-0.25, -0.2) is 0 Å². The highest BCUT2D eigenvalue weighted by Crippen LogP contribution is 2.59. The Bertz CT molecular complexity index is 429. The predicted octanol–water partition coefficient (Wildman–Crippen LogP) is 0.882. The Kier molecular flexibility index (Phi) is 2.49. The van der Waals surface area contributed by atoms with Gasteiger partial charge in [0.05, 0.1) is 6.61 Å². The van der Waals surface area contributed by atoms with Crippen molar-refractivity contribution in [3.05, 3.63) is 23.8 Å². The minimum atomic E-state index is -0.107. The van der Waals surface area contributed by atoms with Crippen LogP contribution in [0.2, 0.25) is 0 Å². The van der Waals surface area contributed by atoms with Gasteiger partial charge in [-0.1, -0.05) is 6.07 Å². The van der Waals surface area contributed by atoms with Crippen LogP contribution in [0.3, 0.4) is 0 Å². The summed E-state index contributed by atoms with van der Waals surface area (Å²) in [5, 5.41) is 9.39. The normalized spacial score (nSPS) is 30.1. The van der Waals surface area contributed by atoms with Crippen LogP contribution in [0.4, 0.5) is 0 Å². The second kappa shape index (κ2) is 3.89. The van der Waals surface area contributed by atoms with Gasteiger partial charge in [0.15, 0.2) is 11.5 Å². The van der Waals surface area contributed by atoms with Crippen LogP contribution in [-0.2, 0) is 0 Å². The molecule has 1 saturated carbocycles. The van der Waals surface area contributed by atoms with Gasteiger partial charge in [-0.3, -0.25) is 0 Å². The zero-order valence-corrected chi connectivity index (χ0v) is 9.69. The topological polar surface area (TPSA) is 64.7 Å². The van der Waals surface area contributed by atoms with Gasteiger partial charge in [0, 0.05) is 12.0 Å². The highest BCUT2D eigenvalue weighted by atomic mass is 16.6. The van der Waals surface area contributed by atoms with Crippen molar-refractivity contribution >= 4 is 0 Å². The third-order valence-corrected chi connectivity index (χ3v) is 3.88. The smallest absolute Gasteiger partial charge is 0.161 e. The fourth-order valence-corrected chi connectivity index (χ4v) is 2.56. The van der Waals surface area contributed by atoms with E-state index in [9.17, 15) is 5.11 Å². The third-order valence-electron chi connectivity index (χ3n) is 3.88. The van der Waals surface area contributed by atoms with Crippen molar-refractivity contribution in [1.82, 2.24) is 0 Å². The number of benzene rings is 1. The first kappa shape index (κ1) is 10.9. The molecule has 1 aromatic carbocycles. The molecule has 1 aromatic rings. The van der Waals surface area contributed by atoms with E-state index in [0.29, 0.717) is 25.7 Å². The highest BCUT2D eigenvalue weighted by molar-refractivity contribution is 5.46. The van der Waals surface area contributed by atoms with E-state index in [1.165, 1.54) is 5.56 Å². The third kappa shape index (κ3) is 1.68. The second-order valence-corrected chi connectivity index (χ2v) is 4.88. The Morgan fingerprint density at radius 2 is 2.06 bits per heavy atom. The summed E-state index contributed by atoms with van der Waals surface area (Å²) in [5.74, 6) is 1.97. The summed E-state index contributed by atoms with van der Waals surface area (Å²) in [6.45, 7) is 1.90. The fourth-order valence-electron chi connectivity index (χ4n) is 2.56. The highest BCUT2D eigenvalue weighted by Gasteiger charge is 2.53. The summed E-state index contributed by atoms with van der Waals surface area (Å²) >= 11 is 0. The van der Waals surface area contributed by atoms with Crippen LogP contribution >= 0.6 is 0 Å². The molecule has 1 heterocycles. The molecule has 1 aliphatic carbocycles. The van der Waals surface area contributed by atoms with Crippen LogP contribution < -0.4 is 15.2 Å². The van der Waals surface area contributed by atoms with Crippen molar-refractivity contribution in [2.24, 2.45) is 11.1 Å². The number of aliphatic hydroxyl groups is 1. The van der Waals surface area contributed by atoms with Crippen LogP contribution in [-0.4, -0.2) is 31.5 Å². The molecule has 0 aromatic heterocycles. The summed E-state index contributed by atoms with van der Waals surface area (Å²) in [7, 11) is 0. The molecule has 92 valence electrons. The molecular weight excluding hydrogens is 218 g/mol. The van der Waals surface area contributed by atoms with Gasteiger partial charge in [0.2, 0.25) is 0 Å². The molecule has 0 radical (unpaired) electrons. The molecule has 4 heteroatoms. The van der Waals surface area contributed by atoms with Gasteiger partial charge in [-0.05, 0) is 30.0 Å². The molecule has 0 amide bonds. The standard InChI is InChI=1S/C13H17NO3/c14-7-13(8-15)6-10(13)9-1-2-11-12(5-9)17-4-3-16-11/h1-2,5,10,15H,3-4,6-8,14H2. The van der Waals surface area contributed by atoms with E-state index in [4.69, 9.17) is 15.2 Å². The van der Waals surface area contributed by atoms with E-state index in [1.807, 2.05) is 18.2 Å². The van der Waals surface area contributed by atoms with Gasteiger partial charge in [0.25, 0.3) is 0 Å². The van der Waals surface area contributed by atoms with E-state index in [-0.39, 0.29) is 12.0 Å². The SMILES string of the molecule is NCC1(CO)CC1c1ccc2c(c1)OCCO2. The molecule has 4 nitrogen and oxygen atoms in total. The quantitative estimate of drug-likeness (QED) is 0.816. The lowest BCUT2D eigenvalue weighted by atomic mass is 9.99. The monoisotopic (exact) mass is 235 g/mol. The number of ether oxygens (including phenoxy) is 2. The Morgan fingerprint density at radius 1 is 1.29 bits per heavy atom. The number of rotatable bonds is 3. The maximum absolute atomic E-state index is 9.39. The first-order valence-electron chi connectivity index (χ1n) is 5.99. The Morgan fingerprint density at radius 3 is 2.71 bits per heavy atom. The maximum atomic E-state index is 9.39. The van der Waals surface area contributed by atoms with Gasteiger partial charge in [-0.15, -0.1) is 0 Å². The molecule has 0 spiro atoms. The van der Waals surface area contributed by atoms with E-state index < -0.39 is 0 Å². The molecule has 1 fully saturated rings. The average molecular weight is 235 g/mol. The summed E-state index contributed by atoms with van der Waals surface area (Å²) in [5.41, 5.74) is 6.81. The van der Waals surface area contributed by atoms with Crippen molar-refractivity contribution < 1.29 is 14.6 Å². The Hall–Kier alpha value is -1.26. The van der Waals surface area contributed by atoms with Crippen LogP contribution in [0.15, 0.2) is 18.2 Å². The second-order valence-electron chi connectivity index (χ2n) is 4.88. The summed E-state index contributed by atoms with van der Waals surface area (Å²) in [4.78, 5) is 0. The lowest BCUT2D eigenvalue weighted by Gasteiger charge is -2.19. The average Bonchev–Trinajstić information content (AvgIpc) is 3.13. The van der Waals surface area contributed by atoms with Gasteiger partial charge in [0.1, 0.15) is 13.2 Å². The van der Waals surface area contributed by atoms with Crippen LogP contribution in [0.5, 0.6) is 11.5 Å². The van der Waals surface area contributed by atoms with Gasteiger partial charge >= 0.3 is 0 Å². The molecule has 2 aliphatic rings. The maximum Gasteiger partial charge on any atom is 0.161 e. The summed E-state index contributed by atoms with van der Waals surface area (Å²) in [6.07, 6.45) is 0.958. The summed E-state index contributed by atoms with van der Waals surface area (Å²) < 4.78 is 11.0.